The van der Waals surface area contributed by atoms with Crippen molar-refractivity contribution < 1.29 is 14.7 Å². The number of hydrogen-bond donors (Lipinski definition) is 1. The van der Waals surface area contributed by atoms with Gasteiger partial charge in [-0.2, -0.15) is 0 Å². The van der Waals surface area contributed by atoms with Crippen LogP contribution in [0.3, 0.4) is 0 Å². The lowest BCUT2D eigenvalue weighted by molar-refractivity contribution is 0.294. The van der Waals surface area contributed by atoms with Gasteiger partial charge >= 0.3 is 0 Å². The predicted octanol–water partition coefficient (Wildman–Crippen LogP) is 2.25. The first-order chi connectivity index (χ1) is 10.2. The highest BCUT2D eigenvalue weighted by atomic mass is 16.5. The van der Waals surface area contributed by atoms with Crippen LogP contribution in [0, 0.1) is 0 Å². The van der Waals surface area contributed by atoms with Gasteiger partial charge in [0.25, 0.3) is 0 Å². The zero-order valence-corrected chi connectivity index (χ0v) is 12.4. The molecule has 0 aliphatic carbocycles. The normalized spacial score (nSPS) is 11.5. The van der Waals surface area contributed by atoms with Gasteiger partial charge in [0.15, 0.2) is 11.5 Å². The van der Waals surface area contributed by atoms with Crippen LogP contribution in [0.4, 0.5) is 0 Å². The highest BCUT2D eigenvalue weighted by Gasteiger charge is 2.08. The summed E-state index contributed by atoms with van der Waals surface area (Å²) in [6.45, 7) is 2.23. The van der Waals surface area contributed by atoms with E-state index in [2.05, 4.69) is 10.1 Å². The molecule has 2 aromatic rings. The van der Waals surface area contributed by atoms with E-state index in [1.165, 1.54) is 0 Å². The van der Waals surface area contributed by atoms with Crippen LogP contribution in [-0.4, -0.2) is 34.2 Å². The second-order valence-electron chi connectivity index (χ2n) is 4.60. The number of imidazole rings is 1. The standard InChI is InChI=1S/C15H19N3O3/c1-11(17-19)12-4-5-13(14(10-12)20-3)21-9-6-15-16-7-8-18(15)2/h4-5,7-8,10,19H,6,9H2,1-3H3/b17-11+. The molecule has 0 spiro atoms. The van der Waals surface area contributed by atoms with Crippen LogP contribution in [0.5, 0.6) is 11.5 Å². The van der Waals surface area contributed by atoms with Crippen LogP contribution >= 0.6 is 0 Å². The number of aromatic nitrogens is 2. The average Bonchev–Trinajstić information content (AvgIpc) is 2.92. The molecule has 1 aromatic heterocycles. The fraction of sp³-hybridized carbons (Fsp3) is 0.333. The van der Waals surface area contributed by atoms with Gasteiger partial charge in [0.2, 0.25) is 0 Å². The van der Waals surface area contributed by atoms with Crippen molar-refractivity contribution in [2.45, 2.75) is 13.3 Å². The molecule has 0 aliphatic rings. The van der Waals surface area contributed by atoms with Crippen LogP contribution in [-0.2, 0) is 13.5 Å². The van der Waals surface area contributed by atoms with Gasteiger partial charge in [0, 0.05) is 31.4 Å². The molecule has 112 valence electrons. The lowest BCUT2D eigenvalue weighted by Gasteiger charge is -2.12. The van der Waals surface area contributed by atoms with Gasteiger partial charge in [-0.15, -0.1) is 0 Å². The second kappa shape index (κ2) is 6.78. The van der Waals surface area contributed by atoms with Gasteiger partial charge in [0.1, 0.15) is 5.82 Å². The van der Waals surface area contributed by atoms with Crippen LogP contribution < -0.4 is 9.47 Å². The van der Waals surface area contributed by atoms with E-state index in [1.807, 2.05) is 23.9 Å². The molecule has 1 aromatic carbocycles. The Bertz CT molecular complexity index is 635. The summed E-state index contributed by atoms with van der Waals surface area (Å²) < 4.78 is 13.0. The Kier molecular flexibility index (Phi) is 4.81. The van der Waals surface area contributed by atoms with E-state index >= 15 is 0 Å². The first kappa shape index (κ1) is 14.9. The molecule has 6 nitrogen and oxygen atoms in total. The summed E-state index contributed by atoms with van der Waals surface area (Å²) in [4.78, 5) is 4.25. The number of benzene rings is 1. The minimum atomic E-state index is 0.508. The Morgan fingerprint density at radius 1 is 1.38 bits per heavy atom. The summed E-state index contributed by atoms with van der Waals surface area (Å²) in [6.07, 6.45) is 4.38. The molecular weight excluding hydrogens is 270 g/mol. The molecule has 2 rings (SSSR count). The summed E-state index contributed by atoms with van der Waals surface area (Å²) in [7, 11) is 3.53. The summed E-state index contributed by atoms with van der Waals surface area (Å²) in [5.41, 5.74) is 1.30. The Hall–Kier alpha value is -2.50. The Morgan fingerprint density at radius 2 is 2.19 bits per heavy atom. The molecule has 1 heterocycles. The lowest BCUT2D eigenvalue weighted by Crippen LogP contribution is -2.07. The van der Waals surface area contributed by atoms with Crippen molar-refractivity contribution in [3.8, 4) is 11.5 Å². The molecule has 0 saturated carbocycles. The quantitative estimate of drug-likeness (QED) is 0.503. The average molecular weight is 289 g/mol. The van der Waals surface area contributed by atoms with Crippen molar-refractivity contribution in [2.75, 3.05) is 13.7 Å². The van der Waals surface area contributed by atoms with Gasteiger partial charge in [0.05, 0.1) is 19.4 Å². The molecule has 6 heteroatoms. The van der Waals surface area contributed by atoms with E-state index in [4.69, 9.17) is 14.7 Å². The number of nitrogens with zero attached hydrogens (tertiary/aromatic N) is 3. The molecule has 21 heavy (non-hydrogen) atoms. The maximum absolute atomic E-state index is 8.80. The molecule has 1 N–H and O–H groups in total. The van der Waals surface area contributed by atoms with E-state index in [-0.39, 0.29) is 0 Å². The van der Waals surface area contributed by atoms with E-state index in [0.717, 1.165) is 11.4 Å². The zero-order chi connectivity index (χ0) is 15.2. The van der Waals surface area contributed by atoms with Gasteiger partial charge < -0.3 is 19.2 Å². The summed E-state index contributed by atoms with van der Waals surface area (Å²) in [5.74, 6) is 2.23. The van der Waals surface area contributed by atoms with E-state index < -0.39 is 0 Å². The fourth-order valence-corrected chi connectivity index (χ4v) is 1.96. The van der Waals surface area contributed by atoms with Crippen molar-refractivity contribution in [3.63, 3.8) is 0 Å². The van der Waals surface area contributed by atoms with Crippen LogP contribution in [0.15, 0.2) is 35.7 Å². The monoisotopic (exact) mass is 289 g/mol. The van der Waals surface area contributed by atoms with Gasteiger partial charge in [-0.25, -0.2) is 4.98 Å². The highest BCUT2D eigenvalue weighted by molar-refractivity contribution is 5.98. The molecular formula is C15H19N3O3. The number of oxime groups is 1. The van der Waals surface area contributed by atoms with Crippen LogP contribution in [0.25, 0.3) is 0 Å². The Labute approximate surface area is 123 Å². The molecule has 0 bridgehead atoms. The van der Waals surface area contributed by atoms with Crippen molar-refractivity contribution in [1.82, 2.24) is 9.55 Å². The molecule has 0 fully saturated rings. The van der Waals surface area contributed by atoms with E-state index in [1.54, 1.807) is 32.4 Å². The minimum absolute atomic E-state index is 0.508. The number of aryl methyl sites for hydroxylation is 1. The maximum atomic E-state index is 8.80. The maximum Gasteiger partial charge on any atom is 0.161 e. The first-order valence-electron chi connectivity index (χ1n) is 6.61. The molecule has 0 radical (unpaired) electrons. The number of hydrogen-bond acceptors (Lipinski definition) is 5. The molecule has 0 aliphatic heterocycles. The van der Waals surface area contributed by atoms with Crippen molar-refractivity contribution in [2.24, 2.45) is 12.2 Å². The molecule has 0 amide bonds. The Balaban J connectivity index is 2.04. The molecule has 0 atom stereocenters. The first-order valence-corrected chi connectivity index (χ1v) is 6.61. The van der Waals surface area contributed by atoms with Gasteiger partial charge in [-0.3, -0.25) is 0 Å². The second-order valence-corrected chi connectivity index (χ2v) is 4.60. The van der Waals surface area contributed by atoms with E-state index in [9.17, 15) is 0 Å². The van der Waals surface area contributed by atoms with Gasteiger partial charge in [-0.05, 0) is 25.1 Å². The summed E-state index contributed by atoms with van der Waals surface area (Å²) in [5, 5.41) is 12.0. The fourth-order valence-electron chi connectivity index (χ4n) is 1.96. The SMILES string of the molecule is COc1cc(/C(C)=N/O)ccc1OCCc1nccn1C. The Morgan fingerprint density at radius 3 is 2.81 bits per heavy atom. The van der Waals surface area contributed by atoms with Crippen molar-refractivity contribution in [3.05, 3.63) is 42.0 Å². The third-order valence-corrected chi connectivity index (χ3v) is 3.24. The number of rotatable bonds is 6. The largest absolute Gasteiger partial charge is 0.493 e. The summed E-state index contributed by atoms with van der Waals surface area (Å²) >= 11 is 0. The summed E-state index contributed by atoms with van der Waals surface area (Å²) in [6, 6.07) is 5.42. The number of ether oxygens (including phenoxy) is 2. The smallest absolute Gasteiger partial charge is 0.161 e. The number of methoxy groups -OCH3 is 1. The molecule has 0 saturated heterocycles. The van der Waals surface area contributed by atoms with Crippen LogP contribution in [0.2, 0.25) is 0 Å². The topological polar surface area (TPSA) is 68.9 Å². The predicted molar refractivity (Wildman–Crippen MR) is 79.4 cm³/mol. The van der Waals surface area contributed by atoms with E-state index in [0.29, 0.717) is 30.2 Å². The van der Waals surface area contributed by atoms with Gasteiger partial charge in [-0.1, -0.05) is 5.16 Å². The molecule has 0 unspecified atom stereocenters. The third-order valence-electron chi connectivity index (χ3n) is 3.24. The zero-order valence-electron chi connectivity index (χ0n) is 12.4. The lowest BCUT2D eigenvalue weighted by atomic mass is 10.1. The van der Waals surface area contributed by atoms with Crippen molar-refractivity contribution in [1.29, 1.82) is 0 Å². The minimum Gasteiger partial charge on any atom is -0.493 e. The highest BCUT2D eigenvalue weighted by Crippen LogP contribution is 2.28. The van der Waals surface area contributed by atoms with Crippen molar-refractivity contribution >= 4 is 5.71 Å². The van der Waals surface area contributed by atoms with Crippen LogP contribution in [0.1, 0.15) is 18.3 Å². The third kappa shape index (κ3) is 3.53.